The first kappa shape index (κ1) is 13.4. The van der Waals surface area contributed by atoms with Gasteiger partial charge in [-0.05, 0) is 18.1 Å². The van der Waals surface area contributed by atoms with E-state index in [2.05, 4.69) is 0 Å². The van der Waals surface area contributed by atoms with Crippen molar-refractivity contribution in [1.29, 1.82) is 0 Å². The van der Waals surface area contributed by atoms with Gasteiger partial charge in [0.1, 0.15) is 0 Å². The topological polar surface area (TPSA) is 44.5 Å². The Hall–Kier alpha value is -0.710. The van der Waals surface area contributed by atoms with Gasteiger partial charge < -0.3 is 15.2 Å². The summed E-state index contributed by atoms with van der Waals surface area (Å²) in [5.41, 5.74) is 6.47. The molecule has 1 aromatic rings. The van der Waals surface area contributed by atoms with Crippen molar-refractivity contribution >= 4 is 24.0 Å². The zero-order valence-corrected chi connectivity index (χ0v) is 9.98. The normalized spacial score (nSPS) is 14.4. The molecule has 1 atom stereocenters. The standard InChI is InChI=1S/C10H11ClFNO2.ClH/c11-7-4-10-9(14-5-15-10)3-6(7)8(13)1-2-12;/h3-4,8H,1-2,5,13H2;1H/t8-;/m1./s1. The van der Waals surface area contributed by atoms with Gasteiger partial charge in [0.05, 0.1) is 6.67 Å². The van der Waals surface area contributed by atoms with Crippen LogP contribution in [0.15, 0.2) is 12.1 Å². The van der Waals surface area contributed by atoms with Gasteiger partial charge in [-0.25, -0.2) is 0 Å². The maximum absolute atomic E-state index is 12.2. The summed E-state index contributed by atoms with van der Waals surface area (Å²) in [7, 11) is 0. The predicted molar refractivity (Wildman–Crippen MR) is 62.3 cm³/mol. The molecule has 0 amide bonds. The monoisotopic (exact) mass is 267 g/mol. The van der Waals surface area contributed by atoms with E-state index in [0.717, 1.165) is 0 Å². The Labute approximate surface area is 104 Å². The third-order valence-electron chi connectivity index (χ3n) is 2.31. The van der Waals surface area contributed by atoms with Gasteiger partial charge in [0.15, 0.2) is 11.5 Å². The van der Waals surface area contributed by atoms with Crippen molar-refractivity contribution in [1.82, 2.24) is 0 Å². The fourth-order valence-corrected chi connectivity index (χ4v) is 1.78. The Morgan fingerprint density at radius 2 is 2.00 bits per heavy atom. The van der Waals surface area contributed by atoms with E-state index in [1.54, 1.807) is 12.1 Å². The molecule has 1 aliphatic heterocycles. The molecule has 90 valence electrons. The van der Waals surface area contributed by atoms with Crippen LogP contribution in [0.4, 0.5) is 4.39 Å². The van der Waals surface area contributed by atoms with Gasteiger partial charge in [0.2, 0.25) is 6.79 Å². The number of hydrogen-bond acceptors (Lipinski definition) is 3. The molecule has 0 fully saturated rings. The number of fused-ring (bicyclic) bond motifs is 1. The van der Waals surface area contributed by atoms with Crippen LogP contribution in [0.1, 0.15) is 18.0 Å². The number of benzene rings is 1. The van der Waals surface area contributed by atoms with E-state index in [1.165, 1.54) is 0 Å². The summed E-state index contributed by atoms with van der Waals surface area (Å²) in [6, 6.07) is 2.96. The largest absolute Gasteiger partial charge is 0.454 e. The molecule has 0 aliphatic carbocycles. The highest BCUT2D eigenvalue weighted by Crippen LogP contribution is 2.38. The van der Waals surface area contributed by atoms with Gasteiger partial charge in [0.25, 0.3) is 0 Å². The molecule has 0 radical (unpaired) electrons. The van der Waals surface area contributed by atoms with E-state index in [1.807, 2.05) is 0 Å². The van der Waals surface area contributed by atoms with Gasteiger partial charge >= 0.3 is 0 Å². The van der Waals surface area contributed by atoms with Gasteiger partial charge in [-0.1, -0.05) is 11.6 Å². The lowest BCUT2D eigenvalue weighted by Crippen LogP contribution is -2.11. The molecule has 2 rings (SSSR count). The summed E-state index contributed by atoms with van der Waals surface area (Å²) >= 11 is 6.00. The summed E-state index contributed by atoms with van der Waals surface area (Å²) < 4.78 is 22.5. The fraction of sp³-hybridized carbons (Fsp3) is 0.400. The Bertz CT molecular complexity index is 376. The lowest BCUT2D eigenvalue weighted by atomic mass is 10.0. The second-order valence-electron chi connectivity index (χ2n) is 3.31. The minimum absolute atomic E-state index is 0. The average molecular weight is 268 g/mol. The second kappa shape index (κ2) is 5.57. The number of rotatable bonds is 3. The Balaban J connectivity index is 0.00000128. The average Bonchev–Trinajstić information content (AvgIpc) is 2.63. The van der Waals surface area contributed by atoms with Crippen LogP contribution in [-0.2, 0) is 0 Å². The molecule has 0 aromatic heterocycles. The van der Waals surface area contributed by atoms with Crippen LogP contribution in [0.25, 0.3) is 0 Å². The number of nitrogens with two attached hydrogens (primary N) is 1. The molecule has 16 heavy (non-hydrogen) atoms. The van der Waals surface area contributed by atoms with Crippen LogP contribution < -0.4 is 15.2 Å². The van der Waals surface area contributed by atoms with Crippen molar-refractivity contribution in [2.75, 3.05) is 13.5 Å². The lowest BCUT2D eigenvalue weighted by Gasteiger charge is -2.12. The molecule has 1 aromatic carbocycles. The van der Waals surface area contributed by atoms with Crippen LogP contribution in [0.2, 0.25) is 5.02 Å². The summed E-state index contributed by atoms with van der Waals surface area (Å²) in [4.78, 5) is 0. The Morgan fingerprint density at radius 3 is 2.62 bits per heavy atom. The molecule has 1 heterocycles. The van der Waals surface area contributed by atoms with E-state index in [-0.39, 0.29) is 25.6 Å². The summed E-state index contributed by atoms with van der Waals surface area (Å²) in [6.07, 6.45) is 0.249. The molecule has 0 saturated carbocycles. The van der Waals surface area contributed by atoms with Crippen LogP contribution in [0, 0.1) is 0 Å². The molecule has 0 saturated heterocycles. The van der Waals surface area contributed by atoms with Crippen LogP contribution in [0.3, 0.4) is 0 Å². The van der Waals surface area contributed by atoms with Gasteiger partial charge in [-0.3, -0.25) is 4.39 Å². The number of alkyl halides is 1. The first-order valence-corrected chi connectivity index (χ1v) is 5.00. The predicted octanol–water partition coefficient (Wildman–Crippen LogP) is 2.85. The fourth-order valence-electron chi connectivity index (χ4n) is 1.49. The van der Waals surface area contributed by atoms with E-state index in [0.29, 0.717) is 22.1 Å². The van der Waals surface area contributed by atoms with E-state index >= 15 is 0 Å². The second-order valence-corrected chi connectivity index (χ2v) is 3.72. The number of hydrogen-bond donors (Lipinski definition) is 1. The van der Waals surface area contributed by atoms with Crippen molar-refractivity contribution in [3.63, 3.8) is 0 Å². The Kier molecular flexibility index (Phi) is 4.65. The first-order chi connectivity index (χ1) is 7.22. The minimum Gasteiger partial charge on any atom is -0.454 e. The zero-order chi connectivity index (χ0) is 10.8. The third kappa shape index (κ3) is 2.51. The molecule has 1 aliphatic rings. The van der Waals surface area contributed by atoms with Crippen LogP contribution in [-0.4, -0.2) is 13.5 Å². The molecule has 0 unspecified atom stereocenters. The molecular weight excluding hydrogens is 256 g/mol. The number of halogens is 3. The van der Waals surface area contributed by atoms with E-state index < -0.39 is 12.7 Å². The highest BCUT2D eigenvalue weighted by atomic mass is 35.5. The molecular formula is C10H12Cl2FNO2. The summed E-state index contributed by atoms with van der Waals surface area (Å²) in [5, 5.41) is 0.486. The lowest BCUT2D eigenvalue weighted by molar-refractivity contribution is 0.174. The minimum atomic E-state index is -0.466. The van der Waals surface area contributed by atoms with Crippen molar-refractivity contribution in [3.8, 4) is 11.5 Å². The van der Waals surface area contributed by atoms with E-state index in [9.17, 15) is 4.39 Å². The SMILES string of the molecule is Cl.N[C@H](CCF)c1cc2c(cc1Cl)OCO2. The van der Waals surface area contributed by atoms with Crippen LogP contribution >= 0.6 is 24.0 Å². The first-order valence-electron chi connectivity index (χ1n) is 4.63. The van der Waals surface area contributed by atoms with Gasteiger partial charge in [-0.15, -0.1) is 12.4 Å². The van der Waals surface area contributed by atoms with Crippen molar-refractivity contribution < 1.29 is 13.9 Å². The molecule has 3 nitrogen and oxygen atoms in total. The maximum Gasteiger partial charge on any atom is 0.231 e. The van der Waals surface area contributed by atoms with Crippen molar-refractivity contribution in [2.24, 2.45) is 5.73 Å². The van der Waals surface area contributed by atoms with Gasteiger partial charge in [0, 0.05) is 17.1 Å². The quantitative estimate of drug-likeness (QED) is 0.916. The maximum atomic E-state index is 12.2. The number of ether oxygens (including phenoxy) is 2. The van der Waals surface area contributed by atoms with Crippen molar-refractivity contribution in [2.45, 2.75) is 12.5 Å². The zero-order valence-electron chi connectivity index (χ0n) is 8.41. The van der Waals surface area contributed by atoms with E-state index in [4.69, 9.17) is 26.8 Å². The molecule has 2 N–H and O–H groups in total. The van der Waals surface area contributed by atoms with Crippen LogP contribution in [0.5, 0.6) is 11.5 Å². The molecule has 6 heteroatoms. The van der Waals surface area contributed by atoms with Crippen molar-refractivity contribution in [3.05, 3.63) is 22.7 Å². The smallest absolute Gasteiger partial charge is 0.231 e. The van der Waals surface area contributed by atoms with Gasteiger partial charge in [-0.2, -0.15) is 0 Å². The molecule has 0 spiro atoms. The third-order valence-corrected chi connectivity index (χ3v) is 2.64. The highest BCUT2D eigenvalue weighted by Gasteiger charge is 2.19. The molecule has 0 bridgehead atoms. The highest BCUT2D eigenvalue weighted by molar-refractivity contribution is 6.31. The summed E-state index contributed by atoms with van der Waals surface area (Å²) in [6.45, 7) is -0.278. The Morgan fingerprint density at radius 1 is 1.38 bits per heavy atom. The summed E-state index contributed by atoms with van der Waals surface area (Å²) in [5.74, 6) is 1.22.